The van der Waals surface area contributed by atoms with Crippen LogP contribution in [0.2, 0.25) is 0 Å². The van der Waals surface area contributed by atoms with Crippen LogP contribution in [-0.4, -0.2) is 25.8 Å². The molecule has 14 heavy (non-hydrogen) atoms. The first-order valence-corrected chi connectivity index (χ1v) is 4.88. The van der Waals surface area contributed by atoms with Crippen molar-refractivity contribution in [3.8, 4) is 5.75 Å². The first kappa shape index (κ1) is 9.40. The van der Waals surface area contributed by atoms with Gasteiger partial charge in [0.25, 0.3) is 0 Å². The third-order valence-corrected chi connectivity index (χ3v) is 2.50. The summed E-state index contributed by atoms with van der Waals surface area (Å²) >= 11 is 0. The van der Waals surface area contributed by atoms with Gasteiger partial charge in [-0.15, -0.1) is 0 Å². The lowest BCUT2D eigenvalue weighted by molar-refractivity contribution is 0.454. The largest absolute Gasteiger partial charge is 0.569 e. The minimum atomic E-state index is 0.662. The molecule has 3 nitrogen and oxygen atoms in total. The molecular weight excluding hydrogens is 177 g/mol. The molecule has 1 aliphatic rings. The van der Waals surface area contributed by atoms with E-state index in [1.165, 1.54) is 18.5 Å². The lowest BCUT2D eigenvalue weighted by Crippen LogP contribution is -2.17. The van der Waals surface area contributed by atoms with Gasteiger partial charge in [-0.25, -0.2) is 0 Å². The van der Waals surface area contributed by atoms with Crippen LogP contribution in [0.3, 0.4) is 0 Å². The van der Waals surface area contributed by atoms with Crippen molar-refractivity contribution in [3.05, 3.63) is 24.3 Å². The molecule has 0 spiro atoms. The van der Waals surface area contributed by atoms with Crippen LogP contribution in [0.15, 0.2) is 24.3 Å². The summed E-state index contributed by atoms with van der Waals surface area (Å²) in [5.74, 6) is 0.662. The maximum absolute atomic E-state index is 8.44. The zero-order chi connectivity index (χ0) is 9.80. The Kier molecular flexibility index (Phi) is 2.94. The second kappa shape index (κ2) is 4.37. The number of benzene rings is 1. The van der Waals surface area contributed by atoms with Crippen molar-refractivity contribution in [2.45, 2.75) is 12.8 Å². The molecule has 1 heterocycles. The number of rotatable bonds is 3. The molecule has 0 aliphatic carbocycles. The third kappa shape index (κ3) is 2.01. The van der Waals surface area contributed by atoms with E-state index in [2.05, 4.69) is 4.90 Å². The maximum atomic E-state index is 8.44. The molecule has 0 amide bonds. The Balaban J connectivity index is 2.05. The van der Waals surface area contributed by atoms with Crippen molar-refractivity contribution < 1.29 is 9.68 Å². The molecule has 4 heteroatoms. The Labute approximate surface area is 84.6 Å². The van der Waals surface area contributed by atoms with E-state index in [0.29, 0.717) is 13.4 Å². The molecule has 73 valence electrons. The fourth-order valence-electron chi connectivity index (χ4n) is 1.77. The Hall–Kier alpha value is -1.16. The Morgan fingerprint density at radius 2 is 1.79 bits per heavy atom. The summed E-state index contributed by atoms with van der Waals surface area (Å²) in [6, 6.07) is 7.76. The second-order valence-corrected chi connectivity index (χ2v) is 3.41. The predicted molar refractivity (Wildman–Crippen MR) is 56.5 cm³/mol. The van der Waals surface area contributed by atoms with E-state index in [1.807, 2.05) is 24.3 Å². The smallest absolute Gasteiger partial charge is 0.537 e. The van der Waals surface area contributed by atoms with E-state index >= 15 is 0 Å². The summed E-state index contributed by atoms with van der Waals surface area (Å²) in [6.07, 6.45) is 2.56. The summed E-state index contributed by atoms with van der Waals surface area (Å²) in [5, 5.41) is 8.44. The molecule has 0 aromatic heterocycles. The minimum absolute atomic E-state index is 0.662. The summed E-state index contributed by atoms with van der Waals surface area (Å²) in [6.45, 7) is 2.29. The molecule has 1 radical (unpaired) electrons. The highest BCUT2D eigenvalue weighted by Gasteiger charge is 2.11. The molecule has 1 saturated heterocycles. The van der Waals surface area contributed by atoms with E-state index in [9.17, 15) is 0 Å². The van der Waals surface area contributed by atoms with Crippen molar-refractivity contribution in [1.29, 1.82) is 0 Å². The van der Waals surface area contributed by atoms with Crippen LogP contribution in [0.25, 0.3) is 0 Å². The molecule has 0 atom stereocenters. The maximum Gasteiger partial charge on any atom is 0.569 e. The molecule has 1 fully saturated rings. The van der Waals surface area contributed by atoms with Gasteiger partial charge in [-0.2, -0.15) is 0 Å². The van der Waals surface area contributed by atoms with Gasteiger partial charge in [-0.3, -0.25) is 0 Å². The lowest BCUT2D eigenvalue weighted by atomic mass is 10.2. The van der Waals surface area contributed by atoms with Crippen molar-refractivity contribution in [1.82, 2.24) is 0 Å². The molecule has 2 rings (SSSR count). The van der Waals surface area contributed by atoms with Crippen LogP contribution < -0.4 is 9.55 Å². The zero-order valence-corrected chi connectivity index (χ0v) is 8.02. The molecule has 0 saturated carbocycles. The number of anilines is 1. The van der Waals surface area contributed by atoms with Crippen molar-refractivity contribution in [2.75, 3.05) is 18.0 Å². The van der Waals surface area contributed by atoms with Crippen LogP contribution in [0, 0.1) is 0 Å². The molecular formula is C10H13BNO2. The van der Waals surface area contributed by atoms with Gasteiger partial charge in [0.2, 0.25) is 0 Å². The molecule has 1 aliphatic heterocycles. The quantitative estimate of drug-likeness (QED) is 0.726. The second-order valence-electron chi connectivity index (χ2n) is 3.41. The van der Waals surface area contributed by atoms with Gasteiger partial charge in [0, 0.05) is 18.8 Å². The van der Waals surface area contributed by atoms with Gasteiger partial charge in [-0.1, -0.05) is 0 Å². The zero-order valence-electron chi connectivity index (χ0n) is 8.02. The van der Waals surface area contributed by atoms with Gasteiger partial charge in [0.15, 0.2) is 0 Å². The van der Waals surface area contributed by atoms with Crippen LogP contribution in [0.5, 0.6) is 5.75 Å². The van der Waals surface area contributed by atoms with Gasteiger partial charge in [-0.05, 0) is 37.1 Å². The molecule has 1 aromatic rings. The van der Waals surface area contributed by atoms with Gasteiger partial charge in [0.1, 0.15) is 5.75 Å². The summed E-state index contributed by atoms with van der Waals surface area (Å²) in [5.41, 5.74) is 1.23. The highest BCUT2D eigenvalue weighted by molar-refractivity contribution is 6.17. The van der Waals surface area contributed by atoms with Gasteiger partial charge < -0.3 is 14.6 Å². The average molecular weight is 190 g/mol. The normalized spacial score (nSPS) is 15.6. The molecule has 1 N–H and O–H groups in total. The highest BCUT2D eigenvalue weighted by Crippen LogP contribution is 2.22. The SMILES string of the molecule is O[B]Oc1ccc(N2CCCC2)cc1. The first-order valence-electron chi connectivity index (χ1n) is 4.88. The minimum Gasteiger partial charge on any atom is -0.537 e. The number of nitrogens with zero attached hydrogens (tertiary/aromatic N) is 1. The summed E-state index contributed by atoms with van der Waals surface area (Å²) in [7, 11) is 0.699. The standard InChI is InChI=1S/C10H13BNO2/c13-11-14-10-5-3-9(4-6-10)12-7-1-2-8-12/h3-6,13H,1-2,7-8H2. The van der Waals surface area contributed by atoms with E-state index in [-0.39, 0.29) is 0 Å². The van der Waals surface area contributed by atoms with Crippen LogP contribution in [-0.2, 0) is 0 Å². The van der Waals surface area contributed by atoms with Crippen LogP contribution >= 0.6 is 0 Å². The lowest BCUT2D eigenvalue weighted by Gasteiger charge is -2.17. The average Bonchev–Trinajstić information content (AvgIpc) is 2.72. The topological polar surface area (TPSA) is 32.7 Å². The first-order chi connectivity index (χ1) is 6.90. The fraction of sp³-hybridized carbons (Fsp3) is 0.400. The highest BCUT2D eigenvalue weighted by atomic mass is 16.5. The monoisotopic (exact) mass is 190 g/mol. The summed E-state index contributed by atoms with van der Waals surface area (Å²) < 4.78 is 4.84. The van der Waals surface area contributed by atoms with E-state index in [1.54, 1.807) is 0 Å². The Bertz CT molecular complexity index is 283. The van der Waals surface area contributed by atoms with Crippen LogP contribution in [0.4, 0.5) is 5.69 Å². The van der Waals surface area contributed by atoms with Crippen molar-refractivity contribution >= 4 is 13.4 Å². The Morgan fingerprint density at radius 3 is 2.36 bits per heavy atom. The number of hydrogen-bond donors (Lipinski definition) is 1. The number of hydrogen-bond acceptors (Lipinski definition) is 3. The third-order valence-electron chi connectivity index (χ3n) is 2.50. The van der Waals surface area contributed by atoms with Crippen molar-refractivity contribution in [3.63, 3.8) is 0 Å². The Morgan fingerprint density at radius 1 is 1.14 bits per heavy atom. The van der Waals surface area contributed by atoms with Crippen LogP contribution in [0.1, 0.15) is 12.8 Å². The van der Waals surface area contributed by atoms with Gasteiger partial charge >= 0.3 is 7.69 Å². The van der Waals surface area contributed by atoms with Gasteiger partial charge in [0.05, 0.1) is 0 Å². The van der Waals surface area contributed by atoms with E-state index in [0.717, 1.165) is 13.1 Å². The molecule has 0 bridgehead atoms. The molecule has 1 aromatic carbocycles. The fourth-order valence-corrected chi connectivity index (χ4v) is 1.77. The summed E-state index contributed by atoms with van der Waals surface area (Å²) in [4.78, 5) is 2.35. The molecule has 0 unspecified atom stereocenters. The predicted octanol–water partition coefficient (Wildman–Crippen LogP) is 1.19. The van der Waals surface area contributed by atoms with E-state index < -0.39 is 0 Å². The van der Waals surface area contributed by atoms with Crippen molar-refractivity contribution in [2.24, 2.45) is 0 Å². The van der Waals surface area contributed by atoms with E-state index in [4.69, 9.17) is 9.68 Å².